The van der Waals surface area contributed by atoms with Gasteiger partial charge in [-0.3, -0.25) is 4.79 Å². The van der Waals surface area contributed by atoms with E-state index in [1.54, 1.807) is 48.5 Å². The van der Waals surface area contributed by atoms with E-state index in [1.807, 2.05) is 6.07 Å². The van der Waals surface area contributed by atoms with Gasteiger partial charge in [0.2, 0.25) is 0 Å². The monoisotopic (exact) mass is 466 g/mol. The molecule has 1 N–H and O–H groups in total. The van der Waals surface area contributed by atoms with Crippen LogP contribution in [0.5, 0.6) is 11.5 Å². The third-order valence-electron chi connectivity index (χ3n) is 4.25. The van der Waals surface area contributed by atoms with Crippen LogP contribution in [-0.2, 0) is 4.79 Å². The highest BCUT2D eigenvalue weighted by molar-refractivity contribution is 6.42. The second-order valence-corrected chi connectivity index (χ2v) is 7.26. The van der Waals surface area contributed by atoms with Crippen molar-refractivity contribution < 1.29 is 19.1 Å². The number of amides is 1. The molecular weight excluding hydrogens is 451 g/mol. The summed E-state index contributed by atoms with van der Waals surface area (Å²) in [4.78, 5) is 24.7. The molecule has 0 radical (unpaired) electrons. The van der Waals surface area contributed by atoms with Crippen LogP contribution in [-0.4, -0.2) is 19.0 Å². The highest BCUT2D eigenvalue weighted by Gasteiger charge is 2.12. The predicted molar refractivity (Wildman–Crippen MR) is 123 cm³/mol. The van der Waals surface area contributed by atoms with Gasteiger partial charge in [0.1, 0.15) is 23.1 Å². The molecule has 32 heavy (non-hydrogen) atoms. The van der Waals surface area contributed by atoms with Crippen LogP contribution in [0.2, 0.25) is 10.0 Å². The average molecular weight is 467 g/mol. The molecule has 3 rings (SSSR count). The van der Waals surface area contributed by atoms with Gasteiger partial charge in [-0.05, 0) is 54.1 Å². The molecule has 6 nitrogen and oxygen atoms in total. The van der Waals surface area contributed by atoms with E-state index in [0.717, 1.165) is 0 Å². The Balaban J connectivity index is 1.69. The molecule has 160 valence electrons. The van der Waals surface area contributed by atoms with Gasteiger partial charge < -0.3 is 14.8 Å². The summed E-state index contributed by atoms with van der Waals surface area (Å²) in [6.07, 6.45) is 1.43. The zero-order chi connectivity index (χ0) is 23.1. The fraction of sp³-hybridized carbons (Fsp3) is 0.0417. The van der Waals surface area contributed by atoms with Crippen LogP contribution in [0.25, 0.3) is 6.08 Å². The third kappa shape index (κ3) is 5.88. The van der Waals surface area contributed by atoms with Crippen molar-refractivity contribution in [1.29, 1.82) is 5.26 Å². The summed E-state index contributed by atoms with van der Waals surface area (Å²) in [5.41, 5.74) is 1.24. The van der Waals surface area contributed by atoms with Crippen LogP contribution in [0, 0.1) is 11.3 Å². The number of esters is 1. The minimum absolute atomic E-state index is 0.0895. The SMILES string of the molecule is COc1cccc(NC(=O)/C(C#N)=C/c2ccc(OC(=O)c3ccc(Cl)c(Cl)c3)cc2)c1. The maximum atomic E-state index is 12.4. The molecule has 0 aromatic heterocycles. The number of carbonyl (C=O) groups is 2. The summed E-state index contributed by atoms with van der Waals surface area (Å²) < 4.78 is 10.4. The van der Waals surface area contributed by atoms with Crippen LogP contribution >= 0.6 is 23.2 Å². The zero-order valence-electron chi connectivity index (χ0n) is 16.8. The van der Waals surface area contributed by atoms with Crippen LogP contribution in [0.15, 0.2) is 72.3 Å². The number of ether oxygens (including phenoxy) is 2. The molecule has 0 aliphatic heterocycles. The Kier molecular flexibility index (Phi) is 7.50. The first-order valence-electron chi connectivity index (χ1n) is 9.24. The quantitative estimate of drug-likeness (QED) is 0.215. The van der Waals surface area contributed by atoms with Gasteiger partial charge in [-0.15, -0.1) is 0 Å². The van der Waals surface area contributed by atoms with Crippen molar-refractivity contribution >= 4 is 46.8 Å². The van der Waals surface area contributed by atoms with Gasteiger partial charge in [0, 0.05) is 11.8 Å². The highest BCUT2D eigenvalue weighted by Crippen LogP contribution is 2.24. The first-order valence-corrected chi connectivity index (χ1v) is 9.99. The summed E-state index contributed by atoms with van der Waals surface area (Å²) >= 11 is 11.8. The van der Waals surface area contributed by atoms with Crippen molar-refractivity contribution in [2.24, 2.45) is 0 Å². The molecule has 8 heteroatoms. The summed E-state index contributed by atoms with van der Waals surface area (Å²) in [6.45, 7) is 0. The van der Waals surface area contributed by atoms with Gasteiger partial charge in [0.05, 0.1) is 22.7 Å². The Morgan fingerprint density at radius 1 is 0.969 bits per heavy atom. The largest absolute Gasteiger partial charge is 0.497 e. The Labute approximate surface area is 194 Å². The maximum absolute atomic E-state index is 12.4. The fourth-order valence-corrected chi connectivity index (χ4v) is 2.93. The molecule has 0 saturated heterocycles. The third-order valence-corrected chi connectivity index (χ3v) is 4.99. The van der Waals surface area contributed by atoms with E-state index >= 15 is 0 Å². The van der Waals surface area contributed by atoms with E-state index in [0.29, 0.717) is 22.0 Å². The molecule has 1 amide bonds. The molecule has 3 aromatic rings. The van der Waals surface area contributed by atoms with Gasteiger partial charge in [-0.25, -0.2) is 4.79 Å². The topological polar surface area (TPSA) is 88.4 Å². The number of halogens is 2. The number of benzene rings is 3. The Morgan fingerprint density at radius 2 is 1.72 bits per heavy atom. The van der Waals surface area contributed by atoms with Crippen LogP contribution in [0.3, 0.4) is 0 Å². The molecule has 0 fully saturated rings. The zero-order valence-corrected chi connectivity index (χ0v) is 18.3. The number of methoxy groups -OCH3 is 1. The first-order chi connectivity index (χ1) is 15.4. The van der Waals surface area contributed by atoms with E-state index in [1.165, 1.54) is 31.4 Å². The lowest BCUT2D eigenvalue weighted by atomic mass is 10.1. The number of hydrogen-bond acceptors (Lipinski definition) is 5. The second kappa shape index (κ2) is 10.5. The van der Waals surface area contributed by atoms with Crippen molar-refractivity contribution in [2.45, 2.75) is 0 Å². The summed E-state index contributed by atoms with van der Waals surface area (Å²) in [7, 11) is 1.52. The smallest absolute Gasteiger partial charge is 0.343 e. The van der Waals surface area contributed by atoms with Crippen molar-refractivity contribution in [2.75, 3.05) is 12.4 Å². The normalized spacial score (nSPS) is 10.8. The summed E-state index contributed by atoms with van der Waals surface area (Å²) in [6, 6.07) is 19.5. The molecular formula is C24H16Cl2N2O4. The summed E-state index contributed by atoms with van der Waals surface area (Å²) in [5, 5.41) is 12.6. The average Bonchev–Trinajstić information content (AvgIpc) is 2.80. The van der Waals surface area contributed by atoms with Gasteiger partial charge in [0.15, 0.2) is 0 Å². The Bertz CT molecular complexity index is 1230. The number of nitriles is 1. The Morgan fingerprint density at radius 3 is 2.38 bits per heavy atom. The molecule has 0 aliphatic carbocycles. The van der Waals surface area contributed by atoms with Crippen molar-refractivity contribution in [3.63, 3.8) is 0 Å². The van der Waals surface area contributed by atoms with E-state index in [-0.39, 0.29) is 21.9 Å². The van der Waals surface area contributed by atoms with Crippen molar-refractivity contribution in [1.82, 2.24) is 0 Å². The maximum Gasteiger partial charge on any atom is 0.343 e. The van der Waals surface area contributed by atoms with Crippen LogP contribution in [0.1, 0.15) is 15.9 Å². The lowest BCUT2D eigenvalue weighted by molar-refractivity contribution is -0.112. The highest BCUT2D eigenvalue weighted by atomic mass is 35.5. The van der Waals surface area contributed by atoms with Crippen LogP contribution < -0.4 is 14.8 Å². The minimum Gasteiger partial charge on any atom is -0.497 e. The van der Waals surface area contributed by atoms with E-state index < -0.39 is 11.9 Å². The molecule has 0 aliphatic rings. The number of hydrogen-bond donors (Lipinski definition) is 1. The molecule has 0 spiro atoms. The molecule has 0 atom stereocenters. The molecule has 0 bridgehead atoms. The Hall–Kier alpha value is -3.79. The van der Waals surface area contributed by atoms with Crippen LogP contribution in [0.4, 0.5) is 5.69 Å². The number of nitrogens with zero attached hydrogens (tertiary/aromatic N) is 1. The lowest BCUT2D eigenvalue weighted by Crippen LogP contribution is -2.13. The number of anilines is 1. The molecule has 0 saturated carbocycles. The number of carbonyl (C=O) groups excluding carboxylic acids is 2. The van der Waals surface area contributed by atoms with Gasteiger partial charge in [-0.1, -0.05) is 41.4 Å². The first kappa shape index (κ1) is 22.9. The van der Waals surface area contributed by atoms with E-state index in [9.17, 15) is 14.9 Å². The van der Waals surface area contributed by atoms with E-state index in [2.05, 4.69) is 5.32 Å². The van der Waals surface area contributed by atoms with Gasteiger partial charge >= 0.3 is 5.97 Å². The van der Waals surface area contributed by atoms with Crippen molar-refractivity contribution in [3.8, 4) is 17.6 Å². The molecule has 0 unspecified atom stereocenters. The van der Waals surface area contributed by atoms with Gasteiger partial charge in [0.25, 0.3) is 5.91 Å². The fourth-order valence-electron chi connectivity index (χ4n) is 2.64. The molecule has 0 heterocycles. The number of rotatable bonds is 6. The van der Waals surface area contributed by atoms with Crippen molar-refractivity contribution in [3.05, 3.63) is 93.5 Å². The van der Waals surface area contributed by atoms with E-state index in [4.69, 9.17) is 32.7 Å². The van der Waals surface area contributed by atoms with Gasteiger partial charge in [-0.2, -0.15) is 5.26 Å². The standard InChI is InChI=1S/C24H16Cl2N2O4/c1-31-20-4-2-3-18(13-20)28-23(29)17(14-27)11-15-5-8-19(9-6-15)32-24(30)16-7-10-21(25)22(26)12-16/h2-13H,1H3,(H,28,29)/b17-11+. The second-order valence-electron chi connectivity index (χ2n) is 6.44. The minimum atomic E-state index is -0.595. The summed E-state index contributed by atoms with van der Waals surface area (Å²) in [5.74, 6) is -0.285. The predicted octanol–water partition coefficient (Wildman–Crippen LogP) is 5.77. The number of nitrogens with one attached hydrogen (secondary N) is 1. The molecule has 3 aromatic carbocycles. The lowest BCUT2D eigenvalue weighted by Gasteiger charge is -2.07.